The van der Waals surface area contributed by atoms with Gasteiger partial charge in [0.2, 0.25) is 11.8 Å². The van der Waals surface area contributed by atoms with Crippen molar-refractivity contribution >= 4 is 22.6 Å². The van der Waals surface area contributed by atoms with Crippen molar-refractivity contribution in [2.75, 3.05) is 5.75 Å². The Morgan fingerprint density at radius 2 is 1.60 bits per heavy atom. The van der Waals surface area contributed by atoms with Crippen molar-refractivity contribution in [1.82, 2.24) is 5.32 Å². The summed E-state index contributed by atoms with van der Waals surface area (Å²) in [6.07, 6.45) is 0.0884. The second kappa shape index (κ2) is 7.19. The van der Waals surface area contributed by atoms with Crippen molar-refractivity contribution in [3.8, 4) is 11.1 Å². The first-order chi connectivity index (χ1) is 12.0. The van der Waals surface area contributed by atoms with Crippen molar-refractivity contribution in [1.29, 1.82) is 0 Å². The van der Waals surface area contributed by atoms with Gasteiger partial charge in [-0.05, 0) is 29.2 Å². The zero-order chi connectivity index (χ0) is 18.0. The minimum absolute atomic E-state index is 0.0884. The number of primary amides is 1. The van der Waals surface area contributed by atoms with Gasteiger partial charge in [-0.3, -0.25) is 13.8 Å². The molecule has 0 aliphatic heterocycles. The number of amides is 2. The maximum atomic E-state index is 12.9. The lowest BCUT2D eigenvalue weighted by Crippen LogP contribution is -2.42. The first-order valence-electron chi connectivity index (χ1n) is 8.13. The van der Waals surface area contributed by atoms with Crippen molar-refractivity contribution in [3.63, 3.8) is 0 Å². The van der Waals surface area contributed by atoms with Crippen LogP contribution < -0.4 is 11.1 Å². The zero-order valence-electron chi connectivity index (χ0n) is 13.9. The Bertz CT molecular complexity index is 805. The molecular weight excluding hydrogens is 336 g/mol. The number of fused-ring (bicyclic) bond motifs is 3. The lowest BCUT2D eigenvalue weighted by atomic mass is 10.1. The number of benzene rings is 2. The van der Waals surface area contributed by atoms with E-state index in [-0.39, 0.29) is 23.3 Å². The molecule has 0 bridgehead atoms. The van der Waals surface area contributed by atoms with E-state index in [0.29, 0.717) is 0 Å². The Morgan fingerprint density at radius 1 is 1.08 bits per heavy atom. The molecule has 2 aromatic rings. The summed E-state index contributed by atoms with van der Waals surface area (Å²) in [4.78, 5) is 22.9. The van der Waals surface area contributed by atoms with Crippen LogP contribution in [0.1, 0.15) is 29.7 Å². The Kier molecular flexibility index (Phi) is 4.99. The molecule has 6 heteroatoms. The van der Waals surface area contributed by atoms with Crippen molar-refractivity contribution in [3.05, 3.63) is 59.7 Å². The quantitative estimate of drug-likeness (QED) is 0.828. The molecule has 2 atom stereocenters. The van der Waals surface area contributed by atoms with Gasteiger partial charge in [-0.2, -0.15) is 0 Å². The average Bonchev–Trinajstić information content (AvgIpc) is 2.94. The van der Waals surface area contributed by atoms with Crippen LogP contribution >= 0.6 is 0 Å². The van der Waals surface area contributed by atoms with Gasteiger partial charge < -0.3 is 11.1 Å². The largest absolute Gasteiger partial charge is 0.368 e. The van der Waals surface area contributed by atoms with Crippen molar-refractivity contribution in [2.45, 2.75) is 24.6 Å². The third-order valence-corrected chi connectivity index (χ3v) is 6.01. The molecule has 2 unspecified atom stereocenters. The van der Waals surface area contributed by atoms with E-state index in [1.807, 2.05) is 48.5 Å². The monoisotopic (exact) mass is 356 g/mol. The second-order valence-corrected chi connectivity index (χ2v) is 7.72. The lowest BCUT2D eigenvalue weighted by Gasteiger charge is -2.14. The van der Waals surface area contributed by atoms with Gasteiger partial charge in [0.15, 0.2) is 0 Å². The molecule has 5 nitrogen and oxygen atoms in total. The van der Waals surface area contributed by atoms with E-state index in [1.165, 1.54) is 6.92 Å². The van der Waals surface area contributed by atoms with E-state index >= 15 is 0 Å². The fourth-order valence-corrected chi connectivity index (χ4v) is 4.69. The van der Waals surface area contributed by atoms with Crippen LogP contribution in [0.15, 0.2) is 48.5 Å². The predicted octanol–water partition coefficient (Wildman–Crippen LogP) is 1.89. The summed E-state index contributed by atoms with van der Waals surface area (Å²) in [6.45, 7) is 1.53. The van der Waals surface area contributed by atoms with Crippen LogP contribution in [0.25, 0.3) is 11.1 Å². The SMILES string of the molecule is CC(NC(=O)CCS(=O)C1c2ccccc2-c2ccccc21)C(N)=O. The summed E-state index contributed by atoms with van der Waals surface area (Å²) in [5.41, 5.74) is 9.40. The first kappa shape index (κ1) is 17.4. The fourth-order valence-electron chi connectivity index (χ4n) is 3.09. The molecule has 25 heavy (non-hydrogen) atoms. The van der Waals surface area contributed by atoms with Gasteiger partial charge in [0.25, 0.3) is 0 Å². The standard InChI is InChI=1S/C19H20N2O3S/c1-12(19(20)23)21-17(22)10-11-25(24)18-15-8-4-2-6-13(15)14-7-3-5-9-16(14)18/h2-9,12,18H,10-11H2,1H3,(H2,20,23)(H,21,22). The van der Waals surface area contributed by atoms with E-state index in [0.717, 1.165) is 22.3 Å². The van der Waals surface area contributed by atoms with Gasteiger partial charge in [0.05, 0.1) is 5.25 Å². The van der Waals surface area contributed by atoms with Gasteiger partial charge in [0, 0.05) is 23.0 Å². The van der Waals surface area contributed by atoms with Crippen LogP contribution in [-0.2, 0) is 20.4 Å². The highest BCUT2D eigenvalue weighted by molar-refractivity contribution is 7.85. The summed E-state index contributed by atoms with van der Waals surface area (Å²) < 4.78 is 12.9. The maximum absolute atomic E-state index is 12.9. The third-order valence-electron chi connectivity index (χ3n) is 4.37. The molecular formula is C19H20N2O3S. The molecule has 3 N–H and O–H groups in total. The zero-order valence-corrected chi connectivity index (χ0v) is 14.7. The summed E-state index contributed by atoms with van der Waals surface area (Å²) in [7, 11) is -1.24. The van der Waals surface area contributed by atoms with Gasteiger partial charge >= 0.3 is 0 Å². The molecule has 2 aromatic carbocycles. The Balaban J connectivity index is 1.75. The molecule has 0 saturated heterocycles. The van der Waals surface area contributed by atoms with E-state index in [9.17, 15) is 13.8 Å². The fraction of sp³-hybridized carbons (Fsp3) is 0.263. The number of carbonyl (C=O) groups excluding carboxylic acids is 2. The lowest BCUT2D eigenvalue weighted by molar-refractivity contribution is -0.126. The highest BCUT2D eigenvalue weighted by Crippen LogP contribution is 2.46. The van der Waals surface area contributed by atoms with E-state index in [2.05, 4.69) is 5.32 Å². The van der Waals surface area contributed by atoms with Crippen LogP contribution in [0.2, 0.25) is 0 Å². The summed E-state index contributed by atoms with van der Waals surface area (Å²) in [6, 6.07) is 15.2. The second-order valence-electron chi connectivity index (χ2n) is 6.08. The molecule has 0 radical (unpaired) electrons. The summed E-state index contributed by atoms with van der Waals surface area (Å²) in [5, 5.41) is 2.29. The van der Waals surface area contributed by atoms with Crippen molar-refractivity contribution in [2.24, 2.45) is 5.73 Å². The van der Waals surface area contributed by atoms with Crippen LogP contribution in [0, 0.1) is 0 Å². The number of carbonyl (C=O) groups is 2. The molecule has 1 aliphatic carbocycles. The smallest absolute Gasteiger partial charge is 0.239 e. The normalized spacial score (nSPS) is 15.1. The molecule has 0 saturated carbocycles. The first-order valence-corrected chi connectivity index (χ1v) is 9.51. The molecule has 0 aromatic heterocycles. The molecule has 2 amide bonds. The number of nitrogens with one attached hydrogen (secondary N) is 1. The summed E-state index contributed by atoms with van der Waals surface area (Å²) >= 11 is 0. The Hall–Kier alpha value is -2.47. The number of hydrogen-bond donors (Lipinski definition) is 2. The van der Waals surface area contributed by atoms with Crippen LogP contribution in [0.4, 0.5) is 0 Å². The third kappa shape index (κ3) is 3.49. The molecule has 130 valence electrons. The van der Waals surface area contributed by atoms with E-state index in [4.69, 9.17) is 5.73 Å². The highest BCUT2D eigenvalue weighted by Gasteiger charge is 2.32. The minimum Gasteiger partial charge on any atom is -0.368 e. The summed E-state index contributed by atoms with van der Waals surface area (Å²) in [5.74, 6) is -0.683. The molecule has 0 fully saturated rings. The van der Waals surface area contributed by atoms with Crippen molar-refractivity contribution < 1.29 is 13.8 Å². The molecule has 3 rings (SSSR count). The van der Waals surface area contributed by atoms with E-state index in [1.54, 1.807) is 0 Å². The van der Waals surface area contributed by atoms with Crippen LogP contribution in [0.5, 0.6) is 0 Å². The topological polar surface area (TPSA) is 89.3 Å². The molecule has 0 heterocycles. The highest BCUT2D eigenvalue weighted by atomic mass is 32.2. The number of hydrogen-bond acceptors (Lipinski definition) is 3. The Labute approximate surface area is 149 Å². The van der Waals surface area contributed by atoms with E-state index < -0.39 is 22.7 Å². The number of rotatable bonds is 6. The minimum atomic E-state index is -1.24. The Morgan fingerprint density at radius 3 is 2.12 bits per heavy atom. The van der Waals surface area contributed by atoms with Gasteiger partial charge in [-0.1, -0.05) is 48.5 Å². The van der Waals surface area contributed by atoms with Crippen LogP contribution in [-0.4, -0.2) is 27.8 Å². The average molecular weight is 356 g/mol. The molecule has 0 spiro atoms. The van der Waals surface area contributed by atoms with Gasteiger partial charge in [-0.15, -0.1) is 0 Å². The van der Waals surface area contributed by atoms with Crippen LogP contribution in [0.3, 0.4) is 0 Å². The predicted molar refractivity (Wildman–Crippen MR) is 98.1 cm³/mol. The maximum Gasteiger partial charge on any atom is 0.239 e. The molecule has 1 aliphatic rings. The van der Waals surface area contributed by atoms with Gasteiger partial charge in [0.1, 0.15) is 6.04 Å². The van der Waals surface area contributed by atoms with Gasteiger partial charge in [-0.25, -0.2) is 0 Å². The number of nitrogens with two attached hydrogens (primary N) is 1.